The van der Waals surface area contributed by atoms with Crippen LogP contribution >= 0.6 is 0 Å². The van der Waals surface area contributed by atoms with E-state index in [1.807, 2.05) is 12.1 Å². The number of carboxylic acid groups (broad SMARTS) is 1. The van der Waals surface area contributed by atoms with Gasteiger partial charge in [-0.2, -0.15) is 0 Å². The number of carboxylic acids is 1. The average molecular weight is 248 g/mol. The van der Waals surface area contributed by atoms with Crippen molar-refractivity contribution in [2.24, 2.45) is 0 Å². The molecule has 0 aliphatic carbocycles. The molecule has 4 nitrogen and oxygen atoms in total. The van der Waals surface area contributed by atoms with Crippen LogP contribution in [0.1, 0.15) is 36.6 Å². The van der Waals surface area contributed by atoms with E-state index in [2.05, 4.69) is 23.0 Å². The van der Waals surface area contributed by atoms with Crippen LogP contribution in [0.5, 0.6) is 0 Å². The molecule has 0 amide bonds. The van der Waals surface area contributed by atoms with Crippen LogP contribution < -0.4 is 0 Å². The van der Waals surface area contributed by atoms with E-state index in [9.17, 15) is 4.79 Å². The average Bonchev–Trinajstić information content (AvgIpc) is 2.37. The van der Waals surface area contributed by atoms with Crippen LogP contribution in [0.2, 0.25) is 0 Å². The molecule has 18 heavy (non-hydrogen) atoms. The molecule has 0 radical (unpaired) electrons. The largest absolute Gasteiger partial charge is 0.481 e. The molecule has 1 saturated heterocycles. The number of likely N-dealkylation sites (tertiary alicyclic amines) is 1. The number of rotatable bonds is 4. The second kappa shape index (κ2) is 5.96. The summed E-state index contributed by atoms with van der Waals surface area (Å²) >= 11 is 0. The third-order valence-corrected chi connectivity index (χ3v) is 3.47. The molecule has 0 saturated carbocycles. The molecule has 0 bridgehead atoms. The van der Waals surface area contributed by atoms with Gasteiger partial charge < -0.3 is 10.0 Å². The van der Waals surface area contributed by atoms with E-state index in [1.165, 1.54) is 12.8 Å². The molecule has 1 aromatic heterocycles. The molecular formula is C14H20N2O2. The number of aromatic nitrogens is 1. The van der Waals surface area contributed by atoms with Gasteiger partial charge in [0.05, 0.1) is 6.42 Å². The zero-order chi connectivity index (χ0) is 13.0. The van der Waals surface area contributed by atoms with Crippen molar-refractivity contribution in [2.45, 2.75) is 31.6 Å². The number of hydrogen-bond acceptors (Lipinski definition) is 3. The van der Waals surface area contributed by atoms with Gasteiger partial charge in [-0.05, 0) is 38.6 Å². The number of carbonyl (C=O) groups is 1. The van der Waals surface area contributed by atoms with E-state index in [4.69, 9.17) is 5.11 Å². The molecule has 1 atom stereocenters. The first kappa shape index (κ1) is 13.0. The second-order valence-electron chi connectivity index (χ2n) is 5.05. The summed E-state index contributed by atoms with van der Waals surface area (Å²) in [6.45, 7) is 2.21. The highest BCUT2D eigenvalue weighted by Gasteiger charge is 2.20. The molecule has 1 aliphatic heterocycles. The van der Waals surface area contributed by atoms with E-state index in [0.717, 1.165) is 24.5 Å². The summed E-state index contributed by atoms with van der Waals surface area (Å²) in [6.07, 6.45) is 3.06. The lowest BCUT2D eigenvalue weighted by Crippen LogP contribution is -2.31. The van der Waals surface area contributed by atoms with Gasteiger partial charge in [0.1, 0.15) is 0 Å². The lowest BCUT2D eigenvalue weighted by Gasteiger charge is -2.29. The Kier molecular flexibility index (Phi) is 4.31. The smallest absolute Gasteiger partial charge is 0.303 e. The summed E-state index contributed by atoms with van der Waals surface area (Å²) < 4.78 is 0. The third-order valence-electron chi connectivity index (χ3n) is 3.47. The maximum atomic E-state index is 10.6. The molecule has 1 fully saturated rings. The van der Waals surface area contributed by atoms with Crippen LogP contribution in [0.3, 0.4) is 0 Å². The Hall–Kier alpha value is -1.42. The number of likely N-dealkylation sites (N-methyl/N-ethyl adjacent to an activating group) is 1. The molecule has 1 aliphatic rings. The Morgan fingerprint density at radius 2 is 2.39 bits per heavy atom. The molecule has 98 valence electrons. The van der Waals surface area contributed by atoms with Crippen LogP contribution in [0.15, 0.2) is 18.2 Å². The highest BCUT2D eigenvalue weighted by Crippen LogP contribution is 2.24. The number of pyridine rings is 1. The second-order valence-corrected chi connectivity index (χ2v) is 5.05. The Labute approximate surface area is 108 Å². The topological polar surface area (TPSA) is 53.4 Å². The predicted molar refractivity (Wildman–Crippen MR) is 69.7 cm³/mol. The quantitative estimate of drug-likeness (QED) is 0.884. The van der Waals surface area contributed by atoms with Gasteiger partial charge in [0, 0.05) is 30.3 Å². The lowest BCUT2D eigenvalue weighted by atomic mass is 9.94. The fraction of sp³-hybridized carbons (Fsp3) is 0.571. The van der Waals surface area contributed by atoms with Crippen LogP contribution in [0.25, 0.3) is 0 Å². The Morgan fingerprint density at radius 3 is 3.11 bits per heavy atom. The number of aliphatic carboxylic acids is 1. The van der Waals surface area contributed by atoms with Crippen molar-refractivity contribution in [2.75, 3.05) is 20.1 Å². The van der Waals surface area contributed by atoms with Gasteiger partial charge in [-0.3, -0.25) is 9.78 Å². The van der Waals surface area contributed by atoms with E-state index >= 15 is 0 Å². The van der Waals surface area contributed by atoms with Crippen LogP contribution in [0.4, 0.5) is 0 Å². The minimum absolute atomic E-state index is 0.154. The van der Waals surface area contributed by atoms with Crippen molar-refractivity contribution in [3.05, 3.63) is 29.6 Å². The number of hydrogen-bond donors (Lipinski definition) is 1. The van der Waals surface area contributed by atoms with Gasteiger partial charge in [0.25, 0.3) is 0 Å². The lowest BCUT2D eigenvalue weighted by molar-refractivity contribution is -0.136. The fourth-order valence-corrected chi connectivity index (χ4v) is 2.51. The highest BCUT2D eigenvalue weighted by molar-refractivity contribution is 5.66. The van der Waals surface area contributed by atoms with Gasteiger partial charge in [-0.1, -0.05) is 6.07 Å². The third kappa shape index (κ3) is 3.53. The summed E-state index contributed by atoms with van der Waals surface area (Å²) in [5.41, 5.74) is 2.01. The number of piperidine rings is 1. The van der Waals surface area contributed by atoms with Crippen molar-refractivity contribution in [1.82, 2.24) is 9.88 Å². The van der Waals surface area contributed by atoms with Gasteiger partial charge >= 0.3 is 5.97 Å². The van der Waals surface area contributed by atoms with Crippen LogP contribution in [-0.4, -0.2) is 41.1 Å². The molecule has 0 unspecified atom stereocenters. The zero-order valence-corrected chi connectivity index (χ0v) is 10.8. The predicted octanol–water partition coefficient (Wildman–Crippen LogP) is 1.91. The Morgan fingerprint density at radius 1 is 1.56 bits per heavy atom. The van der Waals surface area contributed by atoms with Crippen LogP contribution in [-0.2, 0) is 11.2 Å². The Balaban J connectivity index is 2.04. The van der Waals surface area contributed by atoms with Crippen molar-refractivity contribution in [3.8, 4) is 0 Å². The summed E-state index contributed by atoms with van der Waals surface area (Å²) in [7, 11) is 2.14. The minimum atomic E-state index is -0.764. The molecule has 1 aromatic rings. The summed E-state index contributed by atoms with van der Waals surface area (Å²) in [5.74, 6) is -0.270. The summed E-state index contributed by atoms with van der Waals surface area (Å²) in [5, 5.41) is 8.69. The van der Waals surface area contributed by atoms with Gasteiger partial charge in [0.15, 0.2) is 0 Å². The molecule has 2 heterocycles. The van der Waals surface area contributed by atoms with Crippen molar-refractivity contribution in [1.29, 1.82) is 0 Å². The molecular weight excluding hydrogens is 228 g/mol. The molecule has 1 N–H and O–H groups in total. The first-order valence-electron chi connectivity index (χ1n) is 6.51. The molecule has 0 spiro atoms. The fourth-order valence-electron chi connectivity index (χ4n) is 2.51. The first-order chi connectivity index (χ1) is 8.65. The van der Waals surface area contributed by atoms with Crippen molar-refractivity contribution in [3.63, 3.8) is 0 Å². The first-order valence-corrected chi connectivity index (χ1v) is 6.51. The van der Waals surface area contributed by atoms with E-state index in [1.54, 1.807) is 0 Å². The summed E-state index contributed by atoms with van der Waals surface area (Å²) in [4.78, 5) is 17.5. The SMILES string of the molecule is CN1CCC[C@H](c2cccc(CCC(=O)O)n2)C1. The molecule has 4 heteroatoms. The molecule has 2 rings (SSSR count). The zero-order valence-electron chi connectivity index (χ0n) is 10.8. The van der Waals surface area contributed by atoms with E-state index < -0.39 is 5.97 Å². The molecule has 0 aromatic carbocycles. The summed E-state index contributed by atoms with van der Waals surface area (Å²) in [6, 6.07) is 5.97. The van der Waals surface area contributed by atoms with Gasteiger partial charge in [0.2, 0.25) is 0 Å². The normalized spacial score (nSPS) is 20.8. The van der Waals surface area contributed by atoms with Gasteiger partial charge in [-0.25, -0.2) is 0 Å². The standard InChI is InChI=1S/C14H20N2O2/c1-16-9-3-4-11(10-16)13-6-2-5-12(15-13)7-8-14(17)18/h2,5-6,11H,3-4,7-10H2,1H3,(H,17,18)/t11-/m0/s1. The number of nitrogens with zero attached hydrogens (tertiary/aromatic N) is 2. The number of aryl methyl sites for hydroxylation is 1. The maximum absolute atomic E-state index is 10.6. The monoisotopic (exact) mass is 248 g/mol. The van der Waals surface area contributed by atoms with E-state index in [-0.39, 0.29) is 6.42 Å². The maximum Gasteiger partial charge on any atom is 0.303 e. The highest BCUT2D eigenvalue weighted by atomic mass is 16.4. The van der Waals surface area contributed by atoms with Crippen molar-refractivity contribution < 1.29 is 9.90 Å². The Bertz CT molecular complexity index is 420. The van der Waals surface area contributed by atoms with E-state index in [0.29, 0.717) is 12.3 Å². The van der Waals surface area contributed by atoms with Crippen LogP contribution in [0, 0.1) is 0 Å². The van der Waals surface area contributed by atoms with Crippen molar-refractivity contribution >= 4 is 5.97 Å². The minimum Gasteiger partial charge on any atom is -0.481 e. The van der Waals surface area contributed by atoms with Gasteiger partial charge in [-0.15, -0.1) is 0 Å².